The van der Waals surface area contributed by atoms with Gasteiger partial charge in [0.15, 0.2) is 6.10 Å². The minimum atomic E-state index is -4.80. The molecule has 0 spiro atoms. The minimum Gasteiger partial charge on any atom is -0.382 e. The summed E-state index contributed by atoms with van der Waals surface area (Å²) in [7, 11) is 0. The molecule has 0 bridgehead atoms. The van der Waals surface area contributed by atoms with Gasteiger partial charge in [-0.3, -0.25) is 0 Å². The van der Waals surface area contributed by atoms with E-state index < -0.39 is 18.3 Å². The van der Waals surface area contributed by atoms with Crippen molar-refractivity contribution < 1.29 is 18.3 Å². The van der Waals surface area contributed by atoms with Gasteiger partial charge in [-0.1, -0.05) is 18.2 Å². The molecule has 16 heavy (non-hydrogen) atoms. The van der Waals surface area contributed by atoms with Gasteiger partial charge in [-0.2, -0.15) is 18.4 Å². The smallest absolute Gasteiger partial charge is 0.382 e. The van der Waals surface area contributed by atoms with E-state index in [0.29, 0.717) is 0 Å². The summed E-state index contributed by atoms with van der Waals surface area (Å²) >= 11 is 0. The molecule has 0 saturated carbocycles. The molecule has 2 atom stereocenters. The molecule has 0 radical (unpaired) electrons. The molecule has 0 aliphatic carbocycles. The van der Waals surface area contributed by atoms with E-state index in [9.17, 15) is 13.2 Å². The number of halogens is 3. The highest BCUT2D eigenvalue weighted by atomic mass is 19.4. The topological polar surface area (TPSA) is 70.0 Å². The van der Waals surface area contributed by atoms with Crippen LogP contribution in [0.5, 0.6) is 0 Å². The van der Waals surface area contributed by atoms with E-state index >= 15 is 0 Å². The number of nitriles is 1. The SMILES string of the molecule is N#Cc1ccccc1[C@@H](N)[C@@H](O)C(F)(F)F. The van der Waals surface area contributed by atoms with Gasteiger partial charge >= 0.3 is 6.18 Å². The highest BCUT2D eigenvalue weighted by molar-refractivity contribution is 5.39. The molecule has 1 aromatic carbocycles. The Morgan fingerprint density at radius 3 is 2.38 bits per heavy atom. The van der Waals surface area contributed by atoms with E-state index in [0.717, 1.165) is 0 Å². The van der Waals surface area contributed by atoms with Crippen molar-refractivity contribution in [3.63, 3.8) is 0 Å². The van der Waals surface area contributed by atoms with Crippen molar-refractivity contribution in [2.24, 2.45) is 5.73 Å². The van der Waals surface area contributed by atoms with Crippen LogP contribution in [0.1, 0.15) is 17.2 Å². The van der Waals surface area contributed by atoms with Gasteiger partial charge in [0.05, 0.1) is 17.7 Å². The van der Waals surface area contributed by atoms with Gasteiger partial charge in [-0.15, -0.1) is 0 Å². The third-order valence-electron chi connectivity index (χ3n) is 2.12. The second-order valence-corrected chi connectivity index (χ2v) is 3.21. The average molecular weight is 230 g/mol. The molecular weight excluding hydrogens is 221 g/mol. The van der Waals surface area contributed by atoms with E-state index in [1.54, 1.807) is 6.07 Å². The number of hydrogen-bond donors (Lipinski definition) is 2. The van der Waals surface area contributed by atoms with E-state index in [1.807, 2.05) is 0 Å². The molecule has 0 saturated heterocycles. The van der Waals surface area contributed by atoms with Crippen LogP contribution in [-0.4, -0.2) is 17.4 Å². The molecule has 0 unspecified atom stereocenters. The lowest BCUT2D eigenvalue weighted by Crippen LogP contribution is -2.39. The van der Waals surface area contributed by atoms with Crippen LogP contribution in [0.15, 0.2) is 24.3 Å². The zero-order valence-corrected chi connectivity index (χ0v) is 8.07. The molecule has 6 heteroatoms. The third kappa shape index (κ3) is 2.51. The van der Waals surface area contributed by atoms with E-state index in [2.05, 4.69) is 0 Å². The molecule has 0 aliphatic heterocycles. The van der Waals surface area contributed by atoms with Crippen LogP contribution in [0.25, 0.3) is 0 Å². The molecule has 0 heterocycles. The summed E-state index contributed by atoms with van der Waals surface area (Å²) in [5, 5.41) is 17.7. The van der Waals surface area contributed by atoms with Crippen molar-refractivity contribution in [2.75, 3.05) is 0 Å². The quantitative estimate of drug-likeness (QED) is 0.808. The molecule has 0 aromatic heterocycles. The number of hydrogen-bond acceptors (Lipinski definition) is 3. The summed E-state index contributed by atoms with van der Waals surface area (Å²) in [4.78, 5) is 0. The number of aliphatic hydroxyl groups is 1. The second kappa shape index (κ2) is 4.51. The molecule has 3 nitrogen and oxygen atoms in total. The van der Waals surface area contributed by atoms with Crippen LogP contribution >= 0.6 is 0 Å². The lowest BCUT2D eigenvalue weighted by Gasteiger charge is -2.22. The number of rotatable bonds is 2. The largest absolute Gasteiger partial charge is 0.416 e. The predicted molar refractivity (Wildman–Crippen MR) is 50.1 cm³/mol. The highest BCUT2D eigenvalue weighted by Crippen LogP contribution is 2.29. The van der Waals surface area contributed by atoms with Crippen molar-refractivity contribution in [3.8, 4) is 6.07 Å². The molecule has 86 valence electrons. The van der Waals surface area contributed by atoms with Crippen LogP contribution in [0, 0.1) is 11.3 Å². The molecule has 3 N–H and O–H groups in total. The Balaban J connectivity index is 3.06. The first-order valence-electron chi connectivity index (χ1n) is 4.37. The van der Waals surface area contributed by atoms with E-state index in [1.165, 1.54) is 24.3 Å². The Labute approximate surface area is 89.9 Å². The maximum Gasteiger partial charge on any atom is 0.416 e. The van der Waals surface area contributed by atoms with Crippen molar-refractivity contribution in [1.29, 1.82) is 5.26 Å². The maximum atomic E-state index is 12.2. The molecular formula is C10H9F3N2O. The Hall–Kier alpha value is -1.58. The van der Waals surface area contributed by atoms with Gasteiger partial charge in [0.1, 0.15) is 0 Å². The molecule has 0 aliphatic rings. The summed E-state index contributed by atoms with van der Waals surface area (Å²) in [5.41, 5.74) is 5.29. The van der Waals surface area contributed by atoms with E-state index in [4.69, 9.17) is 16.1 Å². The Morgan fingerprint density at radius 1 is 1.31 bits per heavy atom. The standard InChI is InChI=1S/C10H9F3N2O/c11-10(12,13)9(16)8(15)7-4-2-1-3-6(7)5-14/h1-4,8-9,16H,15H2/t8-,9-/m1/s1. The summed E-state index contributed by atoms with van der Waals surface area (Å²) < 4.78 is 36.6. The average Bonchev–Trinajstić information content (AvgIpc) is 2.25. The van der Waals surface area contributed by atoms with Gasteiger partial charge in [0.2, 0.25) is 0 Å². The lowest BCUT2D eigenvalue weighted by atomic mass is 9.97. The van der Waals surface area contributed by atoms with Crippen LogP contribution in [0.3, 0.4) is 0 Å². The van der Waals surface area contributed by atoms with Crippen molar-refractivity contribution in [3.05, 3.63) is 35.4 Å². The number of aliphatic hydroxyl groups excluding tert-OH is 1. The minimum absolute atomic E-state index is 0.0187. The molecule has 0 amide bonds. The number of nitrogens with zero attached hydrogens (tertiary/aromatic N) is 1. The van der Waals surface area contributed by atoms with Crippen LogP contribution in [-0.2, 0) is 0 Å². The summed E-state index contributed by atoms with van der Waals surface area (Å²) in [6.07, 6.45) is -7.48. The van der Waals surface area contributed by atoms with Crippen molar-refractivity contribution >= 4 is 0 Å². The van der Waals surface area contributed by atoms with Crippen LogP contribution < -0.4 is 5.73 Å². The summed E-state index contributed by atoms with van der Waals surface area (Å²) in [6.45, 7) is 0. The summed E-state index contributed by atoms with van der Waals surface area (Å²) in [5.74, 6) is 0. The Bertz CT molecular complexity index is 411. The first kappa shape index (κ1) is 12.5. The first-order valence-corrected chi connectivity index (χ1v) is 4.37. The second-order valence-electron chi connectivity index (χ2n) is 3.21. The fourth-order valence-corrected chi connectivity index (χ4v) is 1.26. The monoisotopic (exact) mass is 230 g/mol. The fraction of sp³-hybridized carbons (Fsp3) is 0.300. The number of alkyl halides is 3. The normalized spacial score (nSPS) is 15.2. The fourth-order valence-electron chi connectivity index (χ4n) is 1.26. The van der Waals surface area contributed by atoms with Gasteiger partial charge in [0, 0.05) is 0 Å². The lowest BCUT2D eigenvalue weighted by molar-refractivity contribution is -0.210. The third-order valence-corrected chi connectivity index (χ3v) is 2.12. The van der Waals surface area contributed by atoms with Crippen LogP contribution in [0.2, 0.25) is 0 Å². The Morgan fingerprint density at radius 2 is 1.88 bits per heavy atom. The summed E-state index contributed by atoms with van der Waals surface area (Å²) in [6, 6.07) is 5.67. The molecule has 1 aromatic rings. The molecule has 1 rings (SSSR count). The highest BCUT2D eigenvalue weighted by Gasteiger charge is 2.43. The van der Waals surface area contributed by atoms with Gasteiger partial charge < -0.3 is 10.8 Å². The first-order chi connectivity index (χ1) is 7.38. The van der Waals surface area contributed by atoms with Gasteiger partial charge in [-0.05, 0) is 11.6 Å². The van der Waals surface area contributed by atoms with Crippen molar-refractivity contribution in [2.45, 2.75) is 18.3 Å². The van der Waals surface area contributed by atoms with Gasteiger partial charge in [0.25, 0.3) is 0 Å². The maximum absolute atomic E-state index is 12.2. The van der Waals surface area contributed by atoms with E-state index in [-0.39, 0.29) is 11.1 Å². The van der Waals surface area contributed by atoms with Gasteiger partial charge in [-0.25, -0.2) is 0 Å². The van der Waals surface area contributed by atoms with Crippen molar-refractivity contribution in [1.82, 2.24) is 0 Å². The Kier molecular flexibility index (Phi) is 3.52. The molecule has 0 fully saturated rings. The predicted octanol–water partition coefficient (Wildman–Crippen LogP) is 1.48. The van der Waals surface area contributed by atoms with Crippen LogP contribution in [0.4, 0.5) is 13.2 Å². The zero-order valence-electron chi connectivity index (χ0n) is 8.07. The number of benzene rings is 1. The zero-order chi connectivity index (χ0) is 12.3. The number of nitrogens with two attached hydrogens (primary N) is 1.